The fourth-order valence-electron chi connectivity index (χ4n) is 5.19. The van der Waals surface area contributed by atoms with E-state index in [4.69, 9.17) is 0 Å². The minimum Gasteiger partial charge on any atom is -0.339 e. The Kier molecular flexibility index (Phi) is 6.25. The van der Waals surface area contributed by atoms with E-state index in [2.05, 4.69) is 32.8 Å². The summed E-state index contributed by atoms with van der Waals surface area (Å²) in [7, 11) is 1.87. The van der Waals surface area contributed by atoms with Crippen LogP contribution < -0.4 is 10.6 Å². The zero-order valence-electron chi connectivity index (χ0n) is 21.2. The molecule has 2 N–H and O–H groups in total. The molecule has 3 amide bonds. The number of aromatic nitrogens is 4. The van der Waals surface area contributed by atoms with Crippen LogP contribution in [0.15, 0.2) is 79.4 Å². The number of piperidine rings is 1. The van der Waals surface area contributed by atoms with Gasteiger partial charge in [-0.2, -0.15) is 5.10 Å². The molecule has 0 bridgehead atoms. The summed E-state index contributed by atoms with van der Waals surface area (Å²) in [6.07, 6.45) is 9.28. The second-order valence-corrected chi connectivity index (χ2v) is 9.77. The van der Waals surface area contributed by atoms with E-state index < -0.39 is 0 Å². The van der Waals surface area contributed by atoms with Crippen LogP contribution in [0.2, 0.25) is 0 Å². The van der Waals surface area contributed by atoms with Gasteiger partial charge in [-0.3, -0.25) is 9.48 Å². The maximum Gasteiger partial charge on any atom is 0.319 e. The molecule has 0 atom stereocenters. The van der Waals surface area contributed by atoms with Crippen LogP contribution in [0.3, 0.4) is 0 Å². The lowest BCUT2D eigenvalue weighted by molar-refractivity contribution is 0.0715. The number of imidazole rings is 1. The molecule has 1 aliphatic rings. The highest BCUT2D eigenvalue weighted by molar-refractivity contribution is 6.06. The average Bonchev–Trinajstić information content (AvgIpc) is 3.57. The standard InChI is InChI=1S/C29H29N7O2/c1-34-19-25-24(3-2-4-26(25)33-34)28(37)36-14-10-22(11-15-36)21-5-7-23(8-6-21)32-29(38)31-18-20-9-13-35-16-12-30-27(35)17-20/h2-9,12-13,16-17,19,22H,10-11,14-15,18H2,1H3,(H2,31,32,38). The summed E-state index contributed by atoms with van der Waals surface area (Å²) in [5, 5.41) is 11.1. The lowest BCUT2D eigenvalue weighted by Crippen LogP contribution is -2.38. The first-order valence-corrected chi connectivity index (χ1v) is 12.8. The van der Waals surface area contributed by atoms with Crippen molar-refractivity contribution in [3.8, 4) is 0 Å². The lowest BCUT2D eigenvalue weighted by Gasteiger charge is -2.32. The van der Waals surface area contributed by atoms with Crippen LogP contribution >= 0.6 is 0 Å². The molecule has 9 heteroatoms. The molecule has 1 aliphatic heterocycles. The number of pyridine rings is 1. The molecule has 0 unspecified atom stereocenters. The van der Waals surface area contributed by atoms with Crippen LogP contribution in [-0.2, 0) is 13.6 Å². The molecule has 9 nitrogen and oxygen atoms in total. The second-order valence-electron chi connectivity index (χ2n) is 9.77. The third kappa shape index (κ3) is 4.82. The van der Waals surface area contributed by atoms with Crippen molar-refractivity contribution in [3.05, 3.63) is 96.1 Å². The van der Waals surface area contributed by atoms with E-state index in [1.807, 2.05) is 77.4 Å². The van der Waals surface area contributed by atoms with E-state index in [0.717, 1.165) is 40.6 Å². The van der Waals surface area contributed by atoms with Gasteiger partial charge in [-0.15, -0.1) is 0 Å². The lowest BCUT2D eigenvalue weighted by atomic mass is 9.89. The number of likely N-dealkylation sites (tertiary alicyclic amines) is 1. The molecular weight excluding hydrogens is 478 g/mol. The number of anilines is 1. The van der Waals surface area contributed by atoms with E-state index in [1.165, 1.54) is 5.56 Å². The maximum absolute atomic E-state index is 13.2. The van der Waals surface area contributed by atoms with Crippen LogP contribution in [0, 0.1) is 0 Å². The number of hydrogen-bond acceptors (Lipinski definition) is 4. The number of amides is 3. The highest BCUT2D eigenvalue weighted by Crippen LogP contribution is 2.30. The van der Waals surface area contributed by atoms with Crippen LogP contribution in [0.1, 0.15) is 40.2 Å². The quantitative estimate of drug-likeness (QED) is 0.364. The average molecular weight is 508 g/mol. The Morgan fingerprint density at radius 3 is 2.66 bits per heavy atom. The van der Waals surface area contributed by atoms with Gasteiger partial charge in [0.25, 0.3) is 5.91 Å². The van der Waals surface area contributed by atoms with Gasteiger partial charge in [-0.1, -0.05) is 18.2 Å². The van der Waals surface area contributed by atoms with Crippen molar-refractivity contribution in [1.82, 2.24) is 29.4 Å². The Balaban J connectivity index is 1.01. The molecule has 0 spiro atoms. The fraction of sp³-hybridized carbons (Fsp3) is 0.241. The number of nitrogens with one attached hydrogen (secondary N) is 2. The van der Waals surface area contributed by atoms with E-state index in [9.17, 15) is 9.59 Å². The number of rotatable bonds is 5. The number of fused-ring (bicyclic) bond motifs is 2. The fourth-order valence-corrected chi connectivity index (χ4v) is 5.19. The molecule has 192 valence electrons. The molecule has 0 saturated carbocycles. The van der Waals surface area contributed by atoms with Crippen LogP contribution in [0.5, 0.6) is 0 Å². The highest BCUT2D eigenvalue weighted by Gasteiger charge is 2.26. The summed E-state index contributed by atoms with van der Waals surface area (Å²) in [6.45, 7) is 1.85. The van der Waals surface area contributed by atoms with E-state index in [0.29, 0.717) is 31.1 Å². The second kappa shape index (κ2) is 10.0. The Morgan fingerprint density at radius 2 is 1.84 bits per heavy atom. The molecule has 5 aromatic rings. The topological polar surface area (TPSA) is 96.6 Å². The summed E-state index contributed by atoms with van der Waals surface area (Å²) in [5.41, 5.74) is 5.35. The van der Waals surface area contributed by atoms with Gasteiger partial charge >= 0.3 is 6.03 Å². The first kappa shape index (κ1) is 23.7. The Bertz CT molecular complexity index is 1610. The Hall–Kier alpha value is -4.66. The molecular formula is C29H29N7O2. The molecule has 1 saturated heterocycles. The van der Waals surface area contributed by atoms with E-state index in [-0.39, 0.29) is 11.9 Å². The predicted octanol–water partition coefficient (Wildman–Crippen LogP) is 4.56. The van der Waals surface area contributed by atoms with Gasteiger partial charge in [0.15, 0.2) is 0 Å². The van der Waals surface area contributed by atoms with Gasteiger partial charge in [0, 0.05) is 62.5 Å². The third-order valence-corrected chi connectivity index (χ3v) is 7.23. The van der Waals surface area contributed by atoms with Crippen molar-refractivity contribution >= 4 is 34.2 Å². The largest absolute Gasteiger partial charge is 0.339 e. The molecule has 0 radical (unpaired) electrons. The van der Waals surface area contributed by atoms with Crippen molar-refractivity contribution in [3.63, 3.8) is 0 Å². The van der Waals surface area contributed by atoms with Crippen molar-refractivity contribution in [1.29, 1.82) is 0 Å². The van der Waals surface area contributed by atoms with E-state index >= 15 is 0 Å². The minimum atomic E-state index is -0.253. The molecule has 3 aromatic heterocycles. The Labute approximate surface area is 220 Å². The predicted molar refractivity (Wildman–Crippen MR) is 146 cm³/mol. The molecule has 2 aromatic carbocycles. The van der Waals surface area contributed by atoms with Gasteiger partial charge < -0.3 is 19.9 Å². The van der Waals surface area contributed by atoms with Gasteiger partial charge in [0.1, 0.15) is 5.65 Å². The van der Waals surface area contributed by atoms with Gasteiger partial charge in [0.05, 0.1) is 11.1 Å². The molecule has 1 fully saturated rings. The zero-order valence-corrected chi connectivity index (χ0v) is 21.2. The molecule has 38 heavy (non-hydrogen) atoms. The monoisotopic (exact) mass is 507 g/mol. The van der Waals surface area contributed by atoms with E-state index in [1.54, 1.807) is 10.9 Å². The smallest absolute Gasteiger partial charge is 0.319 e. The number of carbonyl (C=O) groups excluding carboxylic acids is 2. The number of benzene rings is 2. The van der Waals surface area contributed by atoms with Gasteiger partial charge in [-0.05, 0) is 66.3 Å². The van der Waals surface area contributed by atoms with Crippen LogP contribution in [0.25, 0.3) is 16.6 Å². The number of aryl methyl sites for hydroxylation is 1. The molecule has 0 aliphatic carbocycles. The normalized spacial score (nSPS) is 14.2. The van der Waals surface area contributed by atoms with Crippen molar-refractivity contribution in [2.75, 3.05) is 18.4 Å². The molecule has 4 heterocycles. The summed E-state index contributed by atoms with van der Waals surface area (Å²) in [5.74, 6) is 0.450. The highest BCUT2D eigenvalue weighted by atomic mass is 16.2. The number of carbonyl (C=O) groups is 2. The van der Waals surface area contributed by atoms with Crippen molar-refractivity contribution < 1.29 is 9.59 Å². The van der Waals surface area contributed by atoms with Crippen molar-refractivity contribution in [2.24, 2.45) is 7.05 Å². The zero-order chi connectivity index (χ0) is 26.1. The first-order chi connectivity index (χ1) is 18.5. The Morgan fingerprint density at radius 1 is 1.03 bits per heavy atom. The first-order valence-electron chi connectivity index (χ1n) is 12.8. The summed E-state index contributed by atoms with van der Waals surface area (Å²) >= 11 is 0. The molecule has 6 rings (SSSR count). The van der Waals surface area contributed by atoms with Crippen molar-refractivity contribution in [2.45, 2.75) is 25.3 Å². The number of nitrogens with zero attached hydrogens (tertiary/aromatic N) is 5. The SMILES string of the molecule is Cn1cc2c(C(=O)N3CCC(c4ccc(NC(=O)NCc5ccn6ccnc6c5)cc4)CC3)cccc2n1. The third-order valence-electron chi connectivity index (χ3n) is 7.23. The maximum atomic E-state index is 13.2. The van der Waals surface area contributed by atoms with Gasteiger partial charge in [-0.25, -0.2) is 9.78 Å². The number of hydrogen-bond donors (Lipinski definition) is 2. The minimum absolute atomic E-state index is 0.0670. The summed E-state index contributed by atoms with van der Waals surface area (Å²) < 4.78 is 3.67. The number of urea groups is 1. The van der Waals surface area contributed by atoms with Crippen LogP contribution in [-0.4, -0.2) is 49.1 Å². The summed E-state index contributed by atoms with van der Waals surface area (Å²) in [6, 6.07) is 17.4. The van der Waals surface area contributed by atoms with Crippen LogP contribution in [0.4, 0.5) is 10.5 Å². The summed E-state index contributed by atoms with van der Waals surface area (Å²) in [4.78, 5) is 31.9. The van der Waals surface area contributed by atoms with Gasteiger partial charge in [0.2, 0.25) is 0 Å².